The van der Waals surface area contributed by atoms with E-state index in [9.17, 15) is 9.59 Å². The molecule has 5 nitrogen and oxygen atoms in total. The van der Waals surface area contributed by atoms with Gasteiger partial charge < -0.3 is 14.4 Å². The molecule has 0 aliphatic rings. The van der Waals surface area contributed by atoms with Crippen LogP contribution in [0.2, 0.25) is 0 Å². The van der Waals surface area contributed by atoms with Gasteiger partial charge in [0.1, 0.15) is 5.75 Å². The number of methoxy groups -OCH3 is 1. The zero-order chi connectivity index (χ0) is 19.8. The second-order valence-electron chi connectivity index (χ2n) is 6.67. The number of aryl methyl sites for hydroxylation is 1. The molecular weight excluding hydrogens is 342 g/mol. The van der Waals surface area contributed by atoms with E-state index in [1.165, 1.54) is 7.11 Å². The fraction of sp³-hybridized carbons (Fsp3) is 0.364. The largest absolute Gasteiger partial charge is 0.483 e. The molecule has 2 aromatic rings. The third kappa shape index (κ3) is 5.84. The molecule has 0 aliphatic carbocycles. The summed E-state index contributed by atoms with van der Waals surface area (Å²) in [7, 11) is 1.35. The van der Waals surface area contributed by atoms with E-state index in [0.29, 0.717) is 12.3 Å². The maximum absolute atomic E-state index is 12.8. The van der Waals surface area contributed by atoms with Crippen molar-refractivity contribution in [3.63, 3.8) is 0 Å². The topological polar surface area (TPSA) is 55.8 Å². The number of hydrogen-bond acceptors (Lipinski definition) is 4. The van der Waals surface area contributed by atoms with Crippen molar-refractivity contribution in [2.75, 3.05) is 20.3 Å². The van der Waals surface area contributed by atoms with Gasteiger partial charge in [0.25, 0.3) is 5.91 Å². The van der Waals surface area contributed by atoms with E-state index in [-0.39, 0.29) is 25.0 Å². The predicted molar refractivity (Wildman–Crippen MR) is 104 cm³/mol. The van der Waals surface area contributed by atoms with Gasteiger partial charge in [-0.1, -0.05) is 49.4 Å². The molecule has 0 fully saturated rings. The van der Waals surface area contributed by atoms with Crippen LogP contribution in [0.15, 0.2) is 48.5 Å². The molecule has 0 heterocycles. The van der Waals surface area contributed by atoms with Crippen LogP contribution >= 0.6 is 0 Å². The lowest BCUT2D eigenvalue weighted by Crippen LogP contribution is -2.39. The molecule has 144 valence electrons. The van der Waals surface area contributed by atoms with Crippen LogP contribution in [0.25, 0.3) is 0 Å². The maximum atomic E-state index is 12.8. The molecule has 27 heavy (non-hydrogen) atoms. The number of esters is 1. The first-order valence-electron chi connectivity index (χ1n) is 9.01. The SMILES string of the molecule is COC(=O)C(C)CN(Cc1ccccc1)C(=O)COc1cccc(C)c1C. The number of hydrogen-bond donors (Lipinski definition) is 0. The first-order valence-corrected chi connectivity index (χ1v) is 9.01. The molecule has 0 radical (unpaired) electrons. The van der Waals surface area contributed by atoms with Crippen LogP contribution in [-0.4, -0.2) is 37.0 Å². The highest BCUT2D eigenvalue weighted by atomic mass is 16.5. The van der Waals surface area contributed by atoms with Gasteiger partial charge in [0.2, 0.25) is 0 Å². The van der Waals surface area contributed by atoms with Crippen molar-refractivity contribution in [1.82, 2.24) is 4.90 Å². The molecule has 0 spiro atoms. The van der Waals surface area contributed by atoms with Crippen molar-refractivity contribution < 1.29 is 19.1 Å². The number of carbonyl (C=O) groups is 2. The molecule has 5 heteroatoms. The van der Waals surface area contributed by atoms with Gasteiger partial charge >= 0.3 is 5.97 Å². The third-order valence-electron chi connectivity index (χ3n) is 4.57. The van der Waals surface area contributed by atoms with Crippen LogP contribution in [0, 0.1) is 19.8 Å². The molecule has 0 saturated carbocycles. The first kappa shape index (κ1) is 20.5. The Morgan fingerprint density at radius 1 is 1.04 bits per heavy atom. The van der Waals surface area contributed by atoms with E-state index in [1.54, 1.807) is 11.8 Å². The highest BCUT2D eigenvalue weighted by Crippen LogP contribution is 2.20. The summed E-state index contributed by atoms with van der Waals surface area (Å²) in [5.41, 5.74) is 3.12. The lowest BCUT2D eigenvalue weighted by Gasteiger charge is -2.25. The Morgan fingerprint density at radius 2 is 1.74 bits per heavy atom. The van der Waals surface area contributed by atoms with Crippen LogP contribution in [0.1, 0.15) is 23.6 Å². The van der Waals surface area contributed by atoms with Gasteiger partial charge in [0.15, 0.2) is 6.61 Å². The first-order chi connectivity index (χ1) is 12.9. The smallest absolute Gasteiger partial charge is 0.310 e. The fourth-order valence-corrected chi connectivity index (χ4v) is 2.78. The minimum Gasteiger partial charge on any atom is -0.483 e. The Hall–Kier alpha value is -2.82. The number of benzene rings is 2. The lowest BCUT2D eigenvalue weighted by molar-refractivity contribution is -0.147. The zero-order valence-electron chi connectivity index (χ0n) is 16.4. The molecule has 0 N–H and O–H groups in total. The van der Waals surface area contributed by atoms with E-state index in [0.717, 1.165) is 16.7 Å². The van der Waals surface area contributed by atoms with E-state index >= 15 is 0 Å². The fourth-order valence-electron chi connectivity index (χ4n) is 2.78. The summed E-state index contributed by atoms with van der Waals surface area (Å²) in [5.74, 6) is -0.223. The monoisotopic (exact) mass is 369 g/mol. The molecular formula is C22H27NO4. The molecule has 2 aromatic carbocycles. The maximum Gasteiger partial charge on any atom is 0.310 e. The van der Waals surface area contributed by atoms with Crippen molar-refractivity contribution in [1.29, 1.82) is 0 Å². The third-order valence-corrected chi connectivity index (χ3v) is 4.57. The molecule has 1 amide bonds. The highest BCUT2D eigenvalue weighted by molar-refractivity contribution is 5.79. The van der Waals surface area contributed by atoms with Crippen molar-refractivity contribution in [2.45, 2.75) is 27.3 Å². The number of carbonyl (C=O) groups excluding carboxylic acids is 2. The van der Waals surface area contributed by atoms with Crippen molar-refractivity contribution in [3.8, 4) is 5.75 Å². The van der Waals surface area contributed by atoms with Gasteiger partial charge in [-0.15, -0.1) is 0 Å². The molecule has 1 unspecified atom stereocenters. The van der Waals surface area contributed by atoms with E-state index in [2.05, 4.69) is 0 Å². The van der Waals surface area contributed by atoms with Crippen LogP contribution in [-0.2, 0) is 20.9 Å². The van der Waals surface area contributed by atoms with Crippen LogP contribution in [0.4, 0.5) is 0 Å². The Kier molecular flexibility index (Phi) is 7.41. The van der Waals surface area contributed by atoms with E-state index in [1.807, 2.05) is 62.4 Å². The normalized spacial score (nSPS) is 11.6. The van der Waals surface area contributed by atoms with Gasteiger partial charge in [-0.3, -0.25) is 9.59 Å². The van der Waals surface area contributed by atoms with Gasteiger partial charge in [0.05, 0.1) is 13.0 Å². The average Bonchev–Trinajstić information content (AvgIpc) is 2.68. The Balaban J connectivity index is 2.09. The summed E-state index contributed by atoms with van der Waals surface area (Å²) in [4.78, 5) is 26.2. The Bertz CT molecular complexity index is 773. The van der Waals surface area contributed by atoms with Gasteiger partial charge in [-0.25, -0.2) is 0 Å². The second-order valence-corrected chi connectivity index (χ2v) is 6.67. The molecule has 0 aromatic heterocycles. The molecule has 0 saturated heterocycles. The standard InChI is InChI=1S/C22H27NO4/c1-16-9-8-12-20(18(16)3)27-15-21(24)23(13-17(2)22(25)26-4)14-19-10-6-5-7-11-19/h5-12,17H,13-15H2,1-4H3. The van der Waals surface area contributed by atoms with Gasteiger partial charge in [-0.2, -0.15) is 0 Å². The second kappa shape index (κ2) is 9.76. The Morgan fingerprint density at radius 3 is 2.41 bits per heavy atom. The summed E-state index contributed by atoms with van der Waals surface area (Å²) in [6, 6.07) is 15.4. The number of nitrogens with zero attached hydrogens (tertiary/aromatic N) is 1. The summed E-state index contributed by atoms with van der Waals surface area (Å²) in [6.45, 7) is 6.33. The zero-order valence-corrected chi connectivity index (χ0v) is 16.4. The molecule has 1 atom stereocenters. The number of ether oxygens (including phenoxy) is 2. The number of rotatable bonds is 8. The van der Waals surface area contributed by atoms with Crippen molar-refractivity contribution in [2.24, 2.45) is 5.92 Å². The van der Waals surface area contributed by atoms with Crippen LogP contribution in [0.5, 0.6) is 5.75 Å². The molecule has 0 aliphatic heterocycles. The lowest BCUT2D eigenvalue weighted by atomic mass is 10.1. The van der Waals surface area contributed by atoms with Crippen LogP contribution < -0.4 is 4.74 Å². The summed E-state index contributed by atoms with van der Waals surface area (Å²) in [5, 5.41) is 0. The van der Waals surface area contributed by atoms with Gasteiger partial charge in [0, 0.05) is 13.1 Å². The minimum absolute atomic E-state index is 0.0784. The quantitative estimate of drug-likeness (QED) is 0.668. The summed E-state index contributed by atoms with van der Waals surface area (Å²) in [6.07, 6.45) is 0. The van der Waals surface area contributed by atoms with Crippen molar-refractivity contribution >= 4 is 11.9 Å². The number of amides is 1. The van der Waals surface area contributed by atoms with Crippen LogP contribution in [0.3, 0.4) is 0 Å². The van der Waals surface area contributed by atoms with E-state index in [4.69, 9.17) is 9.47 Å². The highest BCUT2D eigenvalue weighted by Gasteiger charge is 2.22. The predicted octanol–water partition coefficient (Wildman–Crippen LogP) is 3.52. The molecule has 0 bridgehead atoms. The summed E-state index contributed by atoms with van der Waals surface area (Å²) >= 11 is 0. The average molecular weight is 369 g/mol. The minimum atomic E-state index is -0.414. The summed E-state index contributed by atoms with van der Waals surface area (Å²) < 4.78 is 10.6. The van der Waals surface area contributed by atoms with E-state index < -0.39 is 5.92 Å². The Labute approximate surface area is 160 Å². The van der Waals surface area contributed by atoms with Crippen molar-refractivity contribution in [3.05, 3.63) is 65.2 Å². The van der Waals surface area contributed by atoms with Gasteiger partial charge in [-0.05, 0) is 36.6 Å². The molecule has 2 rings (SSSR count).